The summed E-state index contributed by atoms with van der Waals surface area (Å²) in [5.41, 5.74) is 2.37. The quantitative estimate of drug-likeness (QED) is 0.775. The van der Waals surface area contributed by atoms with Gasteiger partial charge in [-0.25, -0.2) is 0 Å². The van der Waals surface area contributed by atoms with Crippen molar-refractivity contribution < 1.29 is 19.2 Å². The van der Waals surface area contributed by atoms with E-state index >= 15 is 0 Å². The first-order valence-electron chi connectivity index (χ1n) is 9.47. The van der Waals surface area contributed by atoms with Gasteiger partial charge in [0.25, 0.3) is 0 Å². The summed E-state index contributed by atoms with van der Waals surface area (Å²) in [6.45, 7) is 2.10. The molecule has 0 amide bonds. The molecular weight excluding hydrogens is 362 g/mol. The summed E-state index contributed by atoms with van der Waals surface area (Å²) in [6.07, 6.45) is 6.26. The van der Waals surface area contributed by atoms with Crippen molar-refractivity contribution in [2.75, 3.05) is 19.3 Å². The second kappa shape index (κ2) is 6.91. The number of allylic oxidation sites excluding steroid dienone is 1. The minimum absolute atomic E-state index is 0.0530. The maximum Gasteiger partial charge on any atom is 0.199 e. The van der Waals surface area contributed by atoms with Crippen LogP contribution < -0.4 is 0 Å². The van der Waals surface area contributed by atoms with E-state index in [1.807, 2.05) is 12.1 Å². The van der Waals surface area contributed by atoms with E-state index in [9.17, 15) is 14.4 Å². The molecule has 0 spiro atoms. The van der Waals surface area contributed by atoms with Crippen LogP contribution in [0.2, 0.25) is 0 Å². The molecule has 0 bridgehead atoms. The highest BCUT2D eigenvalue weighted by atomic mass is 32.2. The van der Waals surface area contributed by atoms with E-state index in [1.54, 1.807) is 0 Å². The van der Waals surface area contributed by atoms with Gasteiger partial charge in [0.1, 0.15) is 11.9 Å². The molecule has 2 unspecified atom stereocenters. The van der Waals surface area contributed by atoms with E-state index in [2.05, 4.69) is 22.9 Å². The zero-order chi connectivity index (χ0) is 19.2. The lowest BCUT2D eigenvalue weighted by atomic mass is 10.1. The van der Waals surface area contributed by atoms with Crippen LogP contribution in [-0.4, -0.2) is 55.8 Å². The number of hydrogen-bond acceptors (Lipinski definition) is 5. The van der Waals surface area contributed by atoms with Crippen LogP contribution in [0.3, 0.4) is 0 Å². The van der Waals surface area contributed by atoms with Crippen molar-refractivity contribution in [2.45, 2.75) is 43.1 Å². The fourth-order valence-electron chi connectivity index (χ4n) is 4.39. The van der Waals surface area contributed by atoms with Gasteiger partial charge in [0, 0.05) is 12.7 Å². The smallest absolute Gasteiger partial charge is 0.199 e. The number of nitrogens with zero attached hydrogens (tertiary/aromatic N) is 1. The molecular formula is C21H27NO4S. The Hall–Kier alpha value is -1.92. The highest BCUT2D eigenvalue weighted by Crippen LogP contribution is 2.41. The van der Waals surface area contributed by atoms with Crippen LogP contribution in [0.5, 0.6) is 0 Å². The summed E-state index contributed by atoms with van der Waals surface area (Å²) in [5.74, 6) is 3.59. The topological polar surface area (TPSA) is 70.0 Å². The van der Waals surface area contributed by atoms with E-state index in [4.69, 9.17) is 4.74 Å². The third kappa shape index (κ3) is 3.48. The molecule has 1 aromatic rings. The molecule has 5 nitrogen and oxygen atoms in total. The summed E-state index contributed by atoms with van der Waals surface area (Å²) in [5, 5.41) is 20.5. The number of rotatable bonds is 4. The van der Waals surface area contributed by atoms with Crippen molar-refractivity contribution in [1.29, 1.82) is 0 Å². The van der Waals surface area contributed by atoms with E-state index in [-0.39, 0.29) is 35.8 Å². The summed E-state index contributed by atoms with van der Waals surface area (Å²) in [6, 6.07) is 8.41. The molecule has 27 heavy (non-hydrogen) atoms. The third-order valence-electron chi connectivity index (χ3n) is 5.87. The minimum Gasteiger partial charge on any atom is -0.508 e. The van der Waals surface area contributed by atoms with Gasteiger partial charge in [-0.3, -0.25) is 9.11 Å². The Morgan fingerprint density at radius 3 is 2.56 bits per heavy atom. The fourth-order valence-corrected chi connectivity index (χ4v) is 5.32. The number of hydrogen-bond donors (Lipinski definition) is 2. The molecule has 2 aliphatic carbocycles. The Morgan fingerprint density at radius 2 is 1.89 bits per heavy atom. The molecule has 3 aliphatic rings. The zero-order valence-corrected chi connectivity index (χ0v) is 16.5. The molecule has 4 rings (SSSR count). The van der Waals surface area contributed by atoms with Gasteiger partial charge in [0.2, 0.25) is 0 Å². The average molecular weight is 390 g/mol. The Kier molecular flexibility index (Phi) is 4.72. The molecule has 1 heterocycles. The largest absolute Gasteiger partial charge is 0.508 e. The molecule has 0 radical (unpaired) electrons. The van der Waals surface area contributed by atoms with E-state index in [0.29, 0.717) is 0 Å². The second-order valence-electron chi connectivity index (χ2n) is 7.89. The van der Waals surface area contributed by atoms with Crippen molar-refractivity contribution in [3.63, 3.8) is 0 Å². The van der Waals surface area contributed by atoms with E-state index in [0.717, 1.165) is 25.1 Å². The first-order chi connectivity index (χ1) is 12.8. The van der Waals surface area contributed by atoms with Crippen molar-refractivity contribution in [3.8, 4) is 0 Å². The van der Waals surface area contributed by atoms with Crippen molar-refractivity contribution >= 4 is 15.4 Å². The third-order valence-corrected chi connectivity index (χ3v) is 7.45. The number of likely N-dealkylation sites (tertiary alicyclic amines) is 1. The number of aliphatic hydroxyl groups is 2. The van der Waals surface area contributed by atoms with Crippen molar-refractivity contribution in [1.82, 2.24) is 4.90 Å². The fraction of sp³-hybridized carbons (Fsp3) is 0.476. The molecule has 1 aliphatic heterocycles. The van der Waals surface area contributed by atoms with Crippen molar-refractivity contribution in [3.05, 3.63) is 58.7 Å². The number of aliphatic hydroxyl groups excluding tert-OH is 2. The van der Waals surface area contributed by atoms with Crippen LogP contribution in [0.1, 0.15) is 36.5 Å². The lowest BCUT2D eigenvalue weighted by molar-refractivity contribution is 0.0310. The molecule has 4 atom stereocenters. The number of benzene rings is 1. The lowest BCUT2D eigenvalue weighted by Gasteiger charge is -2.32. The predicted octanol–water partition coefficient (Wildman–Crippen LogP) is 3.09. The maximum atomic E-state index is 12.2. The Balaban J connectivity index is 1.64. The predicted molar refractivity (Wildman–Crippen MR) is 109 cm³/mol. The molecule has 0 saturated carbocycles. The van der Waals surface area contributed by atoms with Gasteiger partial charge in [0.05, 0.1) is 11.3 Å². The van der Waals surface area contributed by atoms with Gasteiger partial charge in [-0.2, -0.15) is 0 Å². The van der Waals surface area contributed by atoms with Crippen molar-refractivity contribution in [2.24, 2.45) is 0 Å². The summed E-state index contributed by atoms with van der Waals surface area (Å²) in [7, 11) is -2.41. The van der Waals surface area contributed by atoms with E-state index in [1.165, 1.54) is 30.7 Å². The van der Waals surface area contributed by atoms with Gasteiger partial charge in [-0.05, 0) is 64.9 Å². The lowest BCUT2D eigenvalue weighted by Crippen LogP contribution is -2.37. The highest BCUT2D eigenvalue weighted by molar-refractivity contribution is 8.00. The summed E-state index contributed by atoms with van der Waals surface area (Å²) < 4.78 is 18.5. The maximum absolute atomic E-state index is 12.2. The Labute approximate surface area is 161 Å². The minimum atomic E-state index is -2.41. The SMILES string of the molecule is C=S(C)(=O)C1C=C(O)C(O[C@H]2c3ccccc3C[C@@H]2N2CCCC2)=C(O)C1. The van der Waals surface area contributed by atoms with E-state index < -0.39 is 14.8 Å². The van der Waals surface area contributed by atoms with Gasteiger partial charge < -0.3 is 14.9 Å². The molecule has 0 aromatic heterocycles. The Bertz CT molecular complexity index is 897. The highest BCUT2D eigenvalue weighted by Gasteiger charge is 2.40. The van der Waals surface area contributed by atoms with Crippen LogP contribution >= 0.6 is 0 Å². The average Bonchev–Trinajstić information content (AvgIpc) is 3.25. The van der Waals surface area contributed by atoms with Gasteiger partial charge in [-0.1, -0.05) is 24.3 Å². The number of ether oxygens (including phenoxy) is 1. The first kappa shape index (κ1) is 18.4. The first-order valence-corrected chi connectivity index (χ1v) is 11.7. The second-order valence-corrected chi connectivity index (χ2v) is 10.6. The molecule has 1 saturated heterocycles. The normalized spacial score (nSPS) is 30.7. The monoisotopic (exact) mass is 389 g/mol. The Morgan fingerprint density at radius 1 is 1.19 bits per heavy atom. The van der Waals surface area contributed by atoms with Crippen LogP contribution in [-0.2, 0) is 20.7 Å². The van der Waals surface area contributed by atoms with Crippen LogP contribution in [0.25, 0.3) is 0 Å². The van der Waals surface area contributed by atoms with Gasteiger partial charge in [0.15, 0.2) is 11.5 Å². The van der Waals surface area contributed by atoms with Gasteiger partial charge in [-0.15, -0.1) is 0 Å². The van der Waals surface area contributed by atoms with Gasteiger partial charge >= 0.3 is 0 Å². The standard InChI is InChI=1S/C21H27NO4S/c1-27(2,25)15-12-18(23)21(19(24)13-15)26-20-16-8-4-3-7-14(16)11-17(20)22-9-5-6-10-22/h3-4,7-8,12,15,17,20,23-24H,1,5-6,9-11,13H2,2H3/t15?,17-,20-,27?/m0/s1. The molecule has 1 fully saturated rings. The molecule has 146 valence electrons. The molecule has 2 N–H and O–H groups in total. The zero-order valence-electron chi connectivity index (χ0n) is 15.6. The summed E-state index contributed by atoms with van der Waals surface area (Å²) in [4.78, 5) is 2.45. The van der Waals surface area contributed by atoms with Crippen LogP contribution in [0.15, 0.2) is 47.6 Å². The number of fused-ring (bicyclic) bond motifs is 1. The molecule has 1 aromatic carbocycles. The molecule has 6 heteroatoms. The van der Waals surface area contributed by atoms with Crippen LogP contribution in [0, 0.1) is 0 Å². The van der Waals surface area contributed by atoms with Crippen LogP contribution in [0.4, 0.5) is 0 Å². The summed E-state index contributed by atoms with van der Waals surface area (Å²) >= 11 is 0.